The molecular formula is C12H17BrN2O2S. The molecule has 1 N–H and O–H groups in total. The first-order chi connectivity index (χ1) is 8.38. The lowest BCUT2D eigenvalue weighted by Crippen LogP contribution is -2.37. The number of aromatic nitrogens is 1. The molecule has 0 unspecified atom stereocenters. The van der Waals surface area contributed by atoms with Crippen molar-refractivity contribution in [2.24, 2.45) is 0 Å². The Morgan fingerprint density at radius 1 is 1.56 bits per heavy atom. The van der Waals surface area contributed by atoms with Crippen LogP contribution in [0.3, 0.4) is 0 Å². The van der Waals surface area contributed by atoms with Crippen LogP contribution in [0.5, 0.6) is 5.88 Å². The lowest BCUT2D eigenvalue weighted by molar-refractivity contribution is 0.252. The Morgan fingerprint density at radius 3 is 2.94 bits per heavy atom. The molecule has 100 valence electrons. The van der Waals surface area contributed by atoms with Gasteiger partial charge in [-0.2, -0.15) is 0 Å². The van der Waals surface area contributed by atoms with Crippen LogP contribution in [0.2, 0.25) is 0 Å². The summed E-state index contributed by atoms with van der Waals surface area (Å²) in [7, 11) is -1.10. The Labute approximate surface area is 118 Å². The summed E-state index contributed by atoms with van der Waals surface area (Å²) in [5.74, 6) is 0.632. The summed E-state index contributed by atoms with van der Waals surface area (Å²) in [5, 5.41) is 0. The van der Waals surface area contributed by atoms with E-state index in [1.54, 1.807) is 6.20 Å². The molecule has 0 saturated carbocycles. The van der Waals surface area contributed by atoms with Gasteiger partial charge in [0.25, 0.3) is 0 Å². The predicted octanol–water partition coefficient (Wildman–Crippen LogP) is 2.72. The highest BCUT2D eigenvalue weighted by atomic mass is 79.9. The topological polar surface area (TPSA) is 51.2 Å². The van der Waals surface area contributed by atoms with Gasteiger partial charge in [0, 0.05) is 22.7 Å². The summed E-state index contributed by atoms with van der Waals surface area (Å²) in [6.45, 7) is 6.46. The summed E-state index contributed by atoms with van der Waals surface area (Å²) in [5.41, 5.74) is 0.966. The summed E-state index contributed by atoms with van der Waals surface area (Å²) in [6.07, 6.45) is 2.51. The van der Waals surface area contributed by atoms with E-state index in [4.69, 9.17) is 4.74 Å². The van der Waals surface area contributed by atoms with E-state index in [0.717, 1.165) is 16.5 Å². The Kier molecular flexibility index (Phi) is 4.08. The van der Waals surface area contributed by atoms with Crippen molar-refractivity contribution in [2.45, 2.75) is 38.0 Å². The van der Waals surface area contributed by atoms with E-state index in [-0.39, 0.29) is 10.8 Å². The number of halogens is 1. The molecule has 1 aromatic heterocycles. The Hall–Kier alpha value is -0.460. The van der Waals surface area contributed by atoms with Crippen LogP contribution in [0, 0.1) is 0 Å². The second-order valence-corrected chi connectivity index (χ2v) is 8.15. The van der Waals surface area contributed by atoms with Gasteiger partial charge >= 0.3 is 0 Å². The summed E-state index contributed by atoms with van der Waals surface area (Å²) in [4.78, 5) is 4.23. The fraction of sp³-hybridized carbons (Fsp3) is 0.583. The largest absolute Gasteiger partial charge is 0.477 e. The minimum atomic E-state index is -1.10. The van der Waals surface area contributed by atoms with Crippen molar-refractivity contribution in [3.63, 3.8) is 0 Å². The van der Waals surface area contributed by atoms with Crippen molar-refractivity contribution < 1.29 is 8.95 Å². The molecule has 1 aliphatic heterocycles. The number of nitrogens with zero attached hydrogens (tertiary/aromatic N) is 1. The normalized spacial score (nSPS) is 21.0. The first-order valence-corrected chi connectivity index (χ1v) is 7.78. The highest BCUT2D eigenvalue weighted by Gasteiger charge is 2.28. The molecule has 1 aromatic rings. The lowest BCUT2D eigenvalue weighted by atomic mass is 10.1. The maximum Gasteiger partial charge on any atom is 0.218 e. The van der Waals surface area contributed by atoms with Gasteiger partial charge in [0.05, 0.1) is 28.4 Å². The molecule has 0 fully saturated rings. The molecule has 0 saturated heterocycles. The molecule has 0 aromatic carbocycles. The van der Waals surface area contributed by atoms with Gasteiger partial charge in [0.2, 0.25) is 5.88 Å². The average Bonchev–Trinajstić information content (AvgIpc) is 2.28. The zero-order valence-electron chi connectivity index (χ0n) is 10.7. The van der Waals surface area contributed by atoms with Crippen LogP contribution in [0.15, 0.2) is 16.7 Å². The van der Waals surface area contributed by atoms with Crippen LogP contribution in [0.25, 0.3) is 0 Å². The maximum absolute atomic E-state index is 12.2. The third kappa shape index (κ3) is 3.10. The predicted molar refractivity (Wildman–Crippen MR) is 75.8 cm³/mol. The molecule has 0 spiro atoms. The molecule has 2 rings (SSSR count). The van der Waals surface area contributed by atoms with E-state index in [2.05, 4.69) is 25.6 Å². The second-order valence-electron chi connectivity index (χ2n) is 5.24. The number of hydrogen-bond donors (Lipinski definition) is 1. The average molecular weight is 333 g/mol. The van der Waals surface area contributed by atoms with Crippen LogP contribution in [0.4, 0.5) is 0 Å². The van der Waals surface area contributed by atoms with Crippen molar-refractivity contribution >= 4 is 26.9 Å². The number of ether oxygens (including phenoxy) is 1. The van der Waals surface area contributed by atoms with Crippen molar-refractivity contribution in [3.05, 3.63) is 22.3 Å². The minimum absolute atomic E-state index is 0.0267. The van der Waals surface area contributed by atoms with Crippen LogP contribution in [0.1, 0.15) is 38.8 Å². The van der Waals surface area contributed by atoms with Crippen LogP contribution < -0.4 is 9.46 Å². The number of fused-ring (bicyclic) bond motifs is 1. The number of hydrogen-bond acceptors (Lipinski definition) is 3. The molecule has 4 nitrogen and oxygen atoms in total. The van der Waals surface area contributed by atoms with Crippen LogP contribution in [-0.4, -0.2) is 20.5 Å². The van der Waals surface area contributed by atoms with E-state index in [1.165, 1.54) is 0 Å². The molecule has 0 aliphatic carbocycles. The summed E-state index contributed by atoms with van der Waals surface area (Å²) >= 11 is 3.40. The van der Waals surface area contributed by atoms with Gasteiger partial charge in [-0.1, -0.05) is 0 Å². The van der Waals surface area contributed by atoms with Gasteiger partial charge in [-0.25, -0.2) is 13.9 Å². The Bertz CT molecular complexity index is 474. The van der Waals surface area contributed by atoms with Gasteiger partial charge in [0.1, 0.15) is 0 Å². The van der Waals surface area contributed by atoms with Crippen LogP contribution in [-0.2, 0) is 11.0 Å². The number of pyridine rings is 1. The van der Waals surface area contributed by atoms with E-state index in [0.29, 0.717) is 12.5 Å². The number of rotatable bonds is 2. The van der Waals surface area contributed by atoms with Crippen LogP contribution >= 0.6 is 15.9 Å². The van der Waals surface area contributed by atoms with Gasteiger partial charge in [-0.15, -0.1) is 0 Å². The molecule has 0 radical (unpaired) electrons. The Balaban J connectivity index is 2.22. The molecule has 0 bridgehead atoms. The molecular weight excluding hydrogens is 316 g/mol. The third-order valence-corrected chi connectivity index (χ3v) is 4.72. The fourth-order valence-electron chi connectivity index (χ4n) is 1.67. The SMILES string of the molecule is CC(C)(C)[S@](=O)N[C@H]1CCOc2ncc(Br)cc21. The second kappa shape index (κ2) is 5.27. The molecule has 1 aliphatic rings. The number of nitrogens with one attached hydrogen (secondary N) is 1. The standard InChI is InChI=1S/C12H17BrN2O2S/c1-12(2,3)18(16)15-10-4-5-17-11-9(10)6-8(13)7-14-11/h6-7,10,15H,4-5H2,1-3H3/t10-,18-/m0/s1. The van der Waals surface area contributed by atoms with Gasteiger partial charge in [0.15, 0.2) is 0 Å². The first-order valence-electron chi connectivity index (χ1n) is 5.84. The maximum atomic E-state index is 12.2. The fourth-order valence-corrected chi connectivity index (χ4v) is 2.88. The smallest absolute Gasteiger partial charge is 0.218 e. The molecule has 0 amide bonds. The van der Waals surface area contributed by atoms with Crippen molar-refractivity contribution in [1.82, 2.24) is 9.71 Å². The molecule has 2 atom stereocenters. The van der Waals surface area contributed by atoms with E-state index < -0.39 is 11.0 Å². The first kappa shape index (κ1) is 14.0. The molecule has 2 heterocycles. The van der Waals surface area contributed by atoms with Gasteiger partial charge in [-0.05, 0) is 42.8 Å². The monoisotopic (exact) mass is 332 g/mol. The Morgan fingerprint density at radius 2 is 2.28 bits per heavy atom. The zero-order chi connectivity index (χ0) is 13.3. The zero-order valence-corrected chi connectivity index (χ0v) is 13.1. The lowest BCUT2D eigenvalue weighted by Gasteiger charge is -2.28. The summed E-state index contributed by atoms with van der Waals surface area (Å²) < 4.78 is 21.5. The van der Waals surface area contributed by atoms with Crippen molar-refractivity contribution in [1.29, 1.82) is 0 Å². The van der Waals surface area contributed by atoms with E-state index in [9.17, 15) is 4.21 Å². The van der Waals surface area contributed by atoms with Gasteiger partial charge < -0.3 is 4.74 Å². The molecule has 18 heavy (non-hydrogen) atoms. The highest BCUT2D eigenvalue weighted by Crippen LogP contribution is 2.32. The minimum Gasteiger partial charge on any atom is -0.477 e. The van der Waals surface area contributed by atoms with Crippen molar-refractivity contribution in [3.8, 4) is 5.88 Å². The van der Waals surface area contributed by atoms with Crippen molar-refractivity contribution in [2.75, 3.05) is 6.61 Å². The molecule has 6 heteroatoms. The van der Waals surface area contributed by atoms with Gasteiger partial charge in [-0.3, -0.25) is 0 Å². The third-order valence-electron chi connectivity index (χ3n) is 2.67. The quantitative estimate of drug-likeness (QED) is 0.905. The van der Waals surface area contributed by atoms with E-state index >= 15 is 0 Å². The van der Waals surface area contributed by atoms with E-state index in [1.807, 2.05) is 26.8 Å². The summed E-state index contributed by atoms with van der Waals surface area (Å²) in [6, 6.07) is 2.00. The highest BCUT2D eigenvalue weighted by molar-refractivity contribution is 9.10.